The van der Waals surface area contributed by atoms with Crippen molar-refractivity contribution >= 4 is 5.95 Å². The van der Waals surface area contributed by atoms with Crippen LogP contribution in [0.5, 0.6) is 0 Å². The summed E-state index contributed by atoms with van der Waals surface area (Å²) in [6.45, 7) is 3.10. The van der Waals surface area contributed by atoms with E-state index in [9.17, 15) is 0 Å². The number of benzene rings is 1. The SMILES string of the molecule is CNCc1ccc(-c2nc(N3CCC3)nc3c2CCC3)cc1. The van der Waals surface area contributed by atoms with Crippen molar-refractivity contribution in [2.45, 2.75) is 32.2 Å². The van der Waals surface area contributed by atoms with Crippen molar-refractivity contribution in [2.24, 2.45) is 0 Å². The molecule has 4 nitrogen and oxygen atoms in total. The van der Waals surface area contributed by atoms with Gasteiger partial charge in [0.25, 0.3) is 0 Å². The lowest BCUT2D eigenvalue weighted by atomic mass is 10.0. The van der Waals surface area contributed by atoms with Crippen LogP contribution in [0.4, 0.5) is 5.95 Å². The summed E-state index contributed by atoms with van der Waals surface area (Å²) in [6, 6.07) is 8.79. The molecule has 0 spiro atoms. The number of hydrogen-bond donors (Lipinski definition) is 1. The average Bonchev–Trinajstić information content (AvgIpc) is 2.94. The number of fused-ring (bicyclic) bond motifs is 1. The summed E-state index contributed by atoms with van der Waals surface area (Å²) in [6.07, 6.45) is 4.68. The lowest BCUT2D eigenvalue weighted by Gasteiger charge is -2.31. The zero-order chi connectivity index (χ0) is 14.9. The predicted molar refractivity (Wildman–Crippen MR) is 89.1 cm³/mol. The number of nitrogens with one attached hydrogen (secondary N) is 1. The molecule has 0 saturated carbocycles. The molecular weight excluding hydrogens is 272 g/mol. The van der Waals surface area contributed by atoms with Crippen LogP contribution in [0.25, 0.3) is 11.3 Å². The van der Waals surface area contributed by atoms with Gasteiger partial charge in [0, 0.05) is 36.5 Å². The van der Waals surface area contributed by atoms with Crippen molar-refractivity contribution in [1.29, 1.82) is 0 Å². The standard InChI is InChI=1S/C18H22N4/c1-19-12-13-6-8-14(9-7-13)17-15-4-2-5-16(15)20-18(21-17)22-10-3-11-22/h6-9,19H,2-5,10-12H2,1H3. The Hall–Kier alpha value is -1.94. The molecule has 1 saturated heterocycles. The molecule has 114 valence electrons. The minimum Gasteiger partial charge on any atom is -0.341 e. The normalized spacial score (nSPS) is 16.5. The van der Waals surface area contributed by atoms with E-state index in [1.165, 1.54) is 35.2 Å². The lowest BCUT2D eigenvalue weighted by molar-refractivity contribution is 0.599. The molecule has 0 bridgehead atoms. The summed E-state index contributed by atoms with van der Waals surface area (Å²) < 4.78 is 0. The summed E-state index contributed by atoms with van der Waals surface area (Å²) in [5, 5.41) is 3.19. The molecule has 1 aliphatic carbocycles. The Morgan fingerprint density at radius 1 is 1.05 bits per heavy atom. The lowest BCUT2D eigenvalue weighted by Crippen LogP contribution is -2.38. The second-order valence-electron chi connectivity index (χ2n) is 6.22. The number of nitrogens with zero attached hydrogens (tertiary/aromatic N) is 3. The van der Waals surface area contributed by atoms with Gasteiger partial charge in [-0.05, 0) is 38.3 Å². The minimum absolute atomic E-state index is 0.904. The molecule has 0 radical (unpaired) electrons. The van der Waals surface area contributed by atoms with Crippen LogP contribution in [0, 0.1) is 0 Å². The molecule has 22 heavy (non-hydrogen) atoms. The number of aryl methyl sites for hydroxylation is 1. The van der Waals surface area contributed by atoms with Crippen LogP contribution in [-0.2, 0) is 19.4 Å². The van der Waals surface area contributed by atoms with Gasteiger partial charge in [-0.1, -0.05) is 24.3 Å². The summed E-state index contributed by atoms with van der Waals surface area (Å²) >= 11 is 0. The molecule has 0 amide bonds. The maximum atomic E-state index is 4.91. The minimum atomic E-state index is 0.904. The summed E-state index contributed by atoms with van der Waals surface area (Å²) in [4.78, 5) is 12.0. The molecule has 0 unspecified atom stereocenters. The fraction of sp³-hybridized carbons (Fsp3) is 0.444. The molecule has 0 atom stereocenters. The van der Waals surface area contributed by atoms with Gasteiger partial charge >= 0.3 is 0 Å². The maximum absolute atomic E-state index is 4.91. The number of hydrogen-bond acceptors (Lipinski definition) is 4. The molecule has 2 aliphatic rings. The van der Waals surface area contributed by atoms with Gasteiger partial charge in [-0.3, -0.25) is 0 Å². The Morgan fingerprint density at radius 2 is 1.86 bits per heavy atom. The van der Waals surface area contributed by atoms with E-state index in [1.807, 2.05) is 7.05 Å². The van der Waals surface area contributed by atoms with E-state index < -0.39 is 0 Å². The quantitative estimate of drug-likeness (QED) is 0.941. The predicted octanol–water partition coefficient (Wildman–Crippen LogP) is 2.56. The fourth-order valence-corrected chi connectivity index (χ4v) is 3.30. The van der Waals surface area contributed by atoms with Crippen LogP contribution < -0.4 is 10.2 Å². The van der Waals surface area contributed by atoms with Gasteiger partial charge < -0.3 is 10.2 Å². The van der Waals surface area contributed by atoms with E-state index in [4.69, 9.17) is 9.97 Å². The van der Waals surface area contributed by atoms with Gasteiger partial charge in [-0.15, -0.1) is 0 Å². The Bertz CT molecular complexity index is 674. The second kappa shape index (κ2) is 5.69. The molecule has 2 heterocycles. The Labute approximate surface area is 131 Å². The van der Waals surface area contributed by atoms with Gasteiger partial charge in [0.1, 0.15) is 0 Å². The Balaban J connectivity index is 1.74. The van der Waals surface area contributed by atoms with E-state index in [0.29, 0.717) is 0 Å². The third-order valence-corrected chi connectivity index (χ3v) is 4.67. The summed E-state index contributed by atoms with van der Waals surface area (Å²) in [5.41, 5.74) is 6.32. The average molecular weight is 294 g/mol. The highest BCUT2D eigenvalue weighted by Gasteiger charge is 2.24. The Kier molecular flexibility index (Phi) is 3.54. The van der Waals surface area contributed by atoms with E-state index in [1.54, 1.807) is 0 Å². The van der Waals surface area contributed by atoms with Crippen LogP contribution in [0.3, 0.4) is 0 Å². The van der Waals surface area contributed by atoms with Crippen molar-refractivity contribution in [1.82, 2.24) is 15.3 Å². The van der Waals surface area contributed by atoms with Crippen molar-refractivity contribution in [2.75, 3.05) is 25.0 Å². The number of aromatic nitrogens is 2. The van der Waals surface area contributed by atoms with Crippen molar-refractivity contribution in [3.05, 3.63) is 41.1 Å². The molecular formula is C18H22N4. The first-order valence-electron chi connectivity index (χ1n) is 8.24. The molecule has 1 aliphatic heterocycles. The van der Waals surface area contributed by atoms with Crippen LogP contribution in [0.15, 0.2) is 24.3 Å². The van der Waals surface area contributed by atoms with Crippen molar-refractivity contribution in [3.8, 4) is 11.3 Å². The molecule has 1 N–H and O–H groups in total. The number of rotatable bonds is 4. The first kappa shape index (κ1) is 13.7. The van der Waals surface area contributed by atoms with Crippen molar-refractivity contribution < 1.29 is 0 Å². The highest BCUT2D eigenvalue weighted by Crippen LogP contribution is 2.32. The van der Waals surface area contributed by atoms with Gasteiger partial charge in [0.05, 0.1) is 5.69 Å². The van der Waals surface area contributed by atoms with Gasteiger partial charge in [-0.25, -0.2) is 9.97 Å². The summed E-state index contributed by atoms with van der Waals surface area (Å²) in [5.74, 6) is 0.932. The Morgan fingerprint density at radius 3 is 2.55 bits per heavy atom. The first-order chi connectivity index (χ1) is 10.8. The van der Waals surface area contributed by atoms with E-state index >= 15 is 0 Å². The zero-order valence-electron chi connectivity index (χ0n) is 13.1. The third kappa shape index (κ3) is 2.37. The monoisotopic (exact) mass is 294 g/mol. The zero-order valence-corrected chi connectivity index (χ0v) is 13.1. The van der Waals surface area contributed by atoms with E-state index in [0.717, 1.165) is 44.1 Å². The van der Waals surface area contributed by atoms with Crippen LogP contribution >= 0.6 is 0 Å². The van der Waals surface area contributed by atoms with E-state index in [2.05, 4.69) is 34.5 Å². The van der Waals surface area contributed by atoms with Crippen LogP contribution in [-0.4, -0.2) is 30.1 Å². The summed E-state index contributed by atoms with van der Waals surface area (Å²) in [7, 11) is 1.98. The maximum Gasteiger partial charge on any atom is 0.226 e. The smallest absolute Gasteiger partial charge is 0.226 e. The van der Waals surface area contributed by atoms with Gasteiger partial charge in [0.15, 0.2) is 0 Å². The molecule has 1 aromatic heterocycles. The third-order valence-electron chi connectivity index (χ3n) is 4.67. The fourth-order valence-electron chi connectivity index (χ4n) is 3.30. The van der Waals surface area contributed by atoms with Crippen molar-refractivity contribution in [3.63, 3.8) is 0 Å². The molecule has 1 aromatic carbocycles. The molecule has 4 heteroatoms. The highest BCUT2D eigenvalue weighted by molar-refractivity contribution is 5.66. The second-order valence-corrected chi connectivity index (χ2v) is 6.22. The van der Waals surface area contributed by atoms with Gasteiger partial charge in [-0.2, -0.15) is 0 Å². The number of anilines is 1. The molecule has 4 rings (SSSR count). The molecule has 1 fully saturated rings. The largest absolute Gasteiger partial charge is 0.341 e. The highest BCUT2D eigenvalue weighted by atomic mass is 15.3. The first-order valence-corrected chi connectivity index (χ1v) is 8.24. The topological polar surface area (TPSA) is 41.1 Å². The van der Waals surface area contributed by atoms with E-state index in [-0.39, 0.29) is 0 Å². The van der Waals surface area contributed by atoms with Gasteiger partial charge in [0.2, 0.25) is 5.95 Å². The van der Waals surface area contributed by atoms with Crippen LogP contribution in [0.1, 0.15) is 29.7 Å². The molecule has 2 aromatic rings. The van der Waals surface area contributed by atoms with Crippen LogP contribution in [0.2, 0.25) is 0 Å².